The van der Waals surface area contributed by atoms with Crippen LogP contribution in [0.25, 0.3) is 55.3 Å². The van der Waals surface area contributed by atoms with Crippen LogP contribution in [0.3, 0.4) is 0 Å². The summed E-state index contributed by atoms with van der Waals surface area (Å²) in [6, 6.07) is 38.7. The van der Waals surface area contributed by atoms with Crippen molar-refractivity contribution in [3.05, 3.63) is 121 Å². The Bertz CT molecular complexity index is 1670. The van der Waals surface area contributed by atoms with Gasteiger partial charge in [0.25, 0.3) is 0 Å². The fourth-order valence-electron chi connectivity index (χ4n) is 4.84. The highest BCUT2D eigenvalue weighted by molar-refractivity contribution is 6.10. The summed E-state index contributed by atoms with van der Waals surface area (Å²) in [5.41, 5.74) is 10.2. The monoisotopic (exact) mass is 464 g/mol. The van der Waals surface area contributed by atoms with Gasteiger partial charge in [0, 0.05) is 22.5 Å². The van der Waals surface area contributed by atoms with Crippen LogP contribution in [0.2, 0.25) is 0 Å². The van der Waals surface area contributed by atoms with E-state index in [4.69, 9.17) is 9.97 Å². The van der Waals surface area contributed by atoms with Crippen molar-refractivity contribution >= 4 is 21.8 Å². The average Bonchev–Trinajstić information content (AvgIpc) is 2.92. The third kappa shape index (κ3) is 4.05. The molecule has 36 heavy (non-hydrogen) atoms. The standard InChI is InChI=1S/C34H28N2/c1-34(2,3)28-17-15-25(16-18-28)30-22-27-10-7-21-35-32(27)33-29(30)19-20-31(36-33)26-13-11-24(12-14-26)23-8-5-4-6-9-23/h4-22H,1-3H3. The fourth-order valence-corrected chi connectivity index (χ4v) is 4.84. The van der Waals surface area contributed by atoms with Crippen molar-refractivity contribution in [2.75, 3.05) is 0 Å². The zero-order chi connectivity index (χ0) is 24.7. The summed E-state index contributed by atoms with van der Waals surface area (Å²) in [7, 11) is 0. The lowest BCUT2D eigenvalue weighted by atomic mass is 9.86. The minimum atomic E-state index is 0.125. The van der Waals surface area contributed by atoms with Crippen LogP contribution in [0.5, 0.6) is 0 Å². The number of aromatic nitrogens is 2. The van der Waals surface area contributed by atoms with E-state index >= 15 is 0 Å². The highest BCUT2D eigenvalue weighted by Crippen LogP contribution is 2.36. The van der Waals surface area contributed by atoms with Crippen LogP contribution in [0.1, 0.15) is 26.3 Å². The Hall–Kier alpha value is -4.30. The Balaban J connectivity index is 1.48. The van der Waals surface area contributed by atoms with E-state index in [0.29, 0.717) is 0 Å². The molecule has 0 N–H and O–H groups in total. The van der Waals surface area contributed by atoms with E-state index in [2.05, 4.69) is 118 Å². The Labute approximate surface area is 212 Å². The summed E-state index contributed by atoms with van der Waals surface area (Å²) >= 11 is 0. The van der Waals surface area contributed by atoms with E-state index in [1.807, 2.05) is 18.3 Å². The van der Waals surface area contributed by atoms with Gasteiger partial charge in [-0.1, -0.05) is 106 Å². The molecule has 0 amide bonds. The van der Waals surface area contributed by atoms with Gasteiger partial charge in [0.05, 0.1) is 16.7 Å². The van der Waals surface area contributed by atoms with Crippen LogP contribution >= 0.6 is 0 Å². The second-order valence-electron chi connectivity index (χ2n) is 10.4. The molecule has 0 aliphatic heterocycles. The number of hydrogen-bond acceptors (Lipinski definition) is 2. The highest BCUT2D eigenvalue weighted by atomic mass is 14.8. The maximum Gasteiger partial charge on any atom is 0.0978 e. The zero-order valence-corrected chi connectivity index (χ0v) is 20.9. The van der Waals surface area contributed by atoms with E-state index in [-0.39, 0.29) is 5.41 Å². The van der Waals surface area contributed by atoms with Crippen LogP contribution < -0.4 is 0 Å². The molecular weight excluding hydrogens is 436 g/mol. The predicted molar refractivity (Wildman–Crippen MR) is 152 cm³/mol. The topological polar surface area (TPSA) is 25.8 Å². The molecule has 6 aromatic rings. The van der Waals surface area contributed by atoms with Crippen LogP contribution in [-0.2, 0) is 5.41 Å². The molecule has 2 heterocycles. The number of hydrogen-bond donors (Lipinski definition) is 0. The molecule has 2 aromatic heterocycles. The van der Waals surface area contributed by atoms with Crippen LogP contribution in [0.15, 0.2) is 115 Å². The molecule has 6 rings (SSSR count). The lowest BCUT2D eigenvalue weighted by Gasteiger charge is -2.19. The van der Waals surface area contributed by atoms with Crippen molar-refractivity contribution in [2.45, 2.75) is 26.2 Å². The lowest BCUT2D eigenvalue weighted by molar-refractivity contribution is 0.590. The quantitative estimate of drug-likeness (QED) is 0.244. The van der Waals surface area contributed by atoms with Crippen molar-refractivity contribution in [3.8, 4) is 33.5 Å². The van der Waals surface area contributed by atoms with Gasteiger partial charge in [-0.2, -0.15) is 0 Å². The Morgan fingerprint density at radius 1 is 0.556 bits per heavy atom. The summed E-state index contributed by atoms with van der Waals surface area (Å²) in [6.07, 6.45) is 1.85. The molecule has 0 spiro atoms. The molecule has 0 bridgehead atoms. The van der Waals surface area contributed by atoms with Crippen molar-refractivity contribution in [2.24, 2.45) is 0 Å². The molecule has 0 aliphatic rings. The van der Waals surface area contributed by atoms with Crippen molar-refractivity contribution in [1.82, 2.24) is 9.97 Å². The van der Waals surface area contributed by atoms with E-state index in [9.17, 15) is 0 Å². The van der Waals surface area contributed by atoms with Crippen LogP contribution in [0.4, 0.5) is 0 Å². The van der Waals surface area contributed by atoms with Gasteiger partial charge in [0.2, 0.25) is 0 Å². The van der Waals surface area contributed by atoms with Gasteiger partial charge in [0.1, 0.15) is 0 Å². The minimum absolute atomic E-state index is 0.125. The molecule has 174 valence electrons. The summed E-state index contributed by atoms with van der Waals surface area (Å²) in [5, 5.41) is 2.22. The molecule has 0 unspecified atom stereocenters. The van der Waals surface area contributed by atoms with Crippen LogP contribution in [-0.4, -0.2) is 9.97 Å². The largest absolute Gasteiger partial charge is 0.254 e. The summed E-state index contributed by atoms with van der Waals surface area (Å²) in [5.74, 6) is 0. The third-order valence-corrected chi connectivity index (χ3v) is 6.90. The molecule has 0 fully saturated rings. The van der Waals surface area contributed by atoms with Gasteiger partial charge in [-0.15, -0.1) is 0 Å². The molecule has 2 nitrogen and oxygen atoms in total. The van der Waals surface area contributed by atoms with Gasteiger partial charge in [-0.25, -0.2) is 4.98 Å². The number of pyridine rings is 2. The molecule has 4 aromatic carbocycles. The molecule has 0 saturated carbocycles. The van der Waals surface area contributed by atoms with Crippen LogP contribution in [0, 0.1) is 0 Å². The first-order chi connectivity index (χ1) is 17.5. The maximum atomic E-state index is 5.16. The first-order valence-corrected chi connectivity index (χ1v) is 12.4. The van der Waals surface area contributed by atoms with E-state index < -0.39 is 0 Å². The predicted octanol–water partition coefficient (Wildman–Crippen LogP) is 9.08. The van der Waals surface area contributed by atoms with Gasteiger partial charge in [0.15, 0.2) is 0 Å². The number of fused-ring (bicyclic) bond motifs is 3. The number of rotatable bonds is 3. The summed E-state index contributed by atoms with van der Waals surface area (Å²) in [4.78, 5) is 9.87. The lowest BCUT2D eigenvalue weighted by Crippen LogP contribution is -2.10. The maximum absolute atomic E-state index is 5.16. The summed E-state index contributed by atoms with van der Waals surface area (Å²) < 4.78 is 0. The first kappa shape index (κ1) is 22.2. The highest BCUT2D eigenvalue weighted by Gasteiger charge is 2.15. The molecule has 2 heteroatoms. The van der Waals surface area contributed by atoms with E-state index in [0.717, 1.165) is 33.1 Å². The molecule has 0 saturated heterocycles. The van der Waals surface area contributed by atoms with Gasteiger partial charge < -0.3 is 0 Å². The Kier molecular flexibility index (Phi) is 5.38. The molecule has 0 aliphatic carbocycles. The SMILES string of the molecule is CC(C)(C)c1ccc(-c2cc3cccnc3c3nc(-c4ccc(-c5ccccc5)cc4)ccc23)cc1. The first-order valence-electron chi connectivity index (χ1n) is 12.4. The summed E-state index contributed by atoms with van der Waals surface area (Å²) in [6.45, 7) is 6.74. The minimum Gasteiger partial charge on any atom is -0.254 e. The second kappa shape index (κ2) is 8.73. The molecule has 0 radical (unpaired) electrons. The van der Waals surface area contributed by atoms with Gasteiger partial charge >= 0.3 is 0 Å². The zero-order valence-electron chi connectivity index (χ0n) is 20.9. The van der Waals surface area contributed by atoms with E-state index in [1.54, 1.807) is 0 Å². The number of benzene rings is 4. The van der Waals surface area contributed by atoms with Crippen molar-refractivity contribution in [1.29, 1.82) is 0 Å². The molecule has 0 atom stereocenters. The normalized spacial score (nSPS) is 11.8. The number of nitrogens with zero attached hydrogens (tertiary/aromatic N) is 2. The smallest absolute Gasteiger partial charge is 0.0978 e. The van der Waals surface area contributed by atoms with Crippen molar-refractivity contribution < 1.29 is 0 Å². The third-order valence-electron chi connectivity index (χ3n) is 6.90. The van der Waals surface area contributed by atoms with Gasteiger partial charge in [-0.3, -0.25) is 4.98 Å². The second-order valence-corrected chi connectivity index (χ2v) is 10.4. The molecular formula is C34H28N2. The average molecular weight is 465 g/mol. The Morgan fingerprint density at radius 2 is 1.22 bits per heavy atom. The van der Waals surface area contributed by atoms with Gasteiger partial charge in [-0.05, 0) is 57.5 Å². The van der Waals surface area contributed by atoms with Crippen molar-refractivity contribution in [3.63, 3.8) is 0 Å². The van der Waals surface area contributed by atoms with E-state index in [1.165, 1.54) is 27.8 Å². The Morgan fingerprint density at radius 3 is 1.94 bits per heavy atom. The fraction of sp³-hybridized carbons (Fsp3) is 0.118.